The summed E-state index contributed by atoms with van der Waals surface area (Å²) in [5.41, 5.74) is 2.24. The number of benzene rings is 3. The number of nitrogens with one attached hydrogen (secondary N) is 2. The smallest absolute Gasteiger partial charge is 0.257 e. The van der Waals surface area contributed by atoms with Gasteiger partial charge in [-0.1, -0.05) is 53.5 Å². The third-order valence-corrected chi connectivity index (χ3v) is 4.78. The van der Waals surface area contributed by atoms with Gasteiger partial charge < -0.3 is 10.1 Å². The number of carbonyl (C=O) groups excluding carboxylic acids is 1. The molecule has 0 bridgehead atoms. The van der Waals surface area contributed by atoms with Crippen molar-refractivity contribution in [1.82, 2.24) is 5.32 Å². The summed E-state index contributed by atoms with van der Waals surface area (Å²) in [5.74, 6) is 0.370. The average molecular weight is 445 g/mol. The van der Waals surface area contributed by atoms with E-state index >= 15 is 0 Å². The Hall–Kier alpha value is -2.60. The molecule has 1 amide bonds. The summed E-state index contributed by atoms with van der Waals surface area (Å²) in [6, 6.07) is 21.9. The van der Waals surface area contributed by atoms with Gasteiger partial charge in [0.15, 0.2) is 5.11 Å². The molecule has 148 valence electrons. The number of hydrogen-bond donors (Lipinski definition) is 2. The van der Waals surface area contributed by atoms with Crippen molar-refractivity contribution in [2.45, 2.75) is 6.42 Å². The second-order valence-electron chi connectivity index (χ2n) is 6.14. The number of halogens is 2. The second-order valence-corrected chi connectivity index (χ2v) is 7.39. The largest absolute Gasteiger partial charge is 0.493 e. The highest BCUT2D eigenvalue weighted by atomic mass is 35.5. The predicted octanol–water partition coefficient (Wildman–Crippen LogP) is 5.74. The fourth-order valence-electron chi connectivity index (χ4n) is 2.55. The maximum Gasteiger partial charge on any atom is 0.257 e. The van der Waals surface area contributed by atoms with E-state index < -0.39 is 0 Å². The van der Waals surface area contributed by atoms with Gasteiger partial charge in [-0.2, -0.15) is 0 Å². The van der Waals surface area contributed by atoms with Crippen LogP contribution < -0.4 is 15.4 Å². The van der Waals surface area contributed by atoms with Gasteiger partial charge in [0.25, 0.3) is 5.91 Å². The van der Waals surface area contributed by atoms with Crippen LogP contribution in [0.2, 0.25) is 10.0 Å². The third-order valence-electron chi connectivity index (χ3n) is 4.03. The van der Waals surface area contributed by atoms with Gasteiger partial charge in [-0.05, 0) is 60.2 Å². The van der Waals surface area contributed by atoms with Crippen LogP contribution in [0.1, 0.15) is 15.9 Å². The fourth-order valence-corrected chi connectivity index (χ4v) is 3.21. The van der Waals surface area contributed by atoms with Gasteiger partial charge in [0.1, 0.15) is 5.75 Å². The molecule has 0 radical (unpaired) electrons. The molecule has 0 aliphatic rings. The number of thiocarbonyl (C=S) groups is 1. The molecular formula is C22H18Cl2N2O2S. The Morgan fingerprint density at radius 2 is 1.69 bits per heavy atom. The topological polar surface area (TPSA) is 50.4 Å². The van der Waals surface area contributed by atoms with Crippen molar-refractivity contribution in [2.24, 2.45) is 0 Å². The van der Waals surface area contributed by atoms with Gasteiger partial charge >= 0.3 is 0 Å². The van der Waals surface area contributed by atoms with Crippen molar-refractivity contribution in [3.8, 4) is 5.75 Å². The lowest BCUT2D eigenvalue weighted by atomic mass is 10.2. The van der Waals surface area contributed by atoms with Crippen LogP contribution in [0.5, 0.6) is 5.75 Å². The highest BCUT2D eigenvalue weighted by Crippen LogP contribution is 2.25. The lowest BCUT2D eigenvalue weighted by molar-refractivity contribution is 0.0977. The highest BCUT2D eigenvalue weighted by molar-refractivity contribution is 7.80. The number of amides is 1. The van der Waals surface area contributed by atoms with Gasteiger partial charge in [-0.25, -0.2) is 0 Å². The quantitative estimate of drug-likeness (QED) is 0.475. The van der Waals surface area contributed by atoms with Crippen molar-refractivity contribution in [1.29, 1.82) is 0 Å². The number of anilines is 1. The van der Waals surface area contributed by atoms with Crippen LogP contribution in [0.15, 0.2) is 72.8 Å². The summed E-state index contributed by atoms with van der Waals surface area (Å²) in [7, 11) is 0. The summed E-state index contributed by atoms with van der Waals surface area (Å²) in [6.07, 6.45) is 0.816. The van der Waals surface area contributed by atoms with Crippen LogP contribution in [-0.2, 0) is 6.42 Å². The molecular weight excluding hydrogens is 427 g/mol. The van der Waals surface area contributed by atoms with Crippen LogP contribution >= 0.6 is 35.4 Å². The van der Waals surface area contributed by atoms with Gasteiger partial charge in [-0.15, -0.1) is 0 Å². The summed E-state index contributed by atoms with van der Waals surface area (Å²) >= 11 is 17.1. The summed E-state index contributed by atoms with van der Waals surface area (Å²) < 4.78 is 5.73. The molecule has 0 heterocycles. The van der Waals surface area contributed by atoms with Crippen LogP contribution in [0, 0.1) is 0 Å². The molecule has 3 rings (SSSR count). The first-order valence-corrected chi connectivity index (χ1v) is 10.0. The van der Waals surface area contributed by atoms with E-state index in [0.29, 0.717) is 33.7 Å². The minimum Gasteiger partial charge on any atom is -0.493 e. The van der Waals surface area contributed by atoms with E-state index in [1.54, 1.807) is 42.5 Å². The molecule has 0 atom stereocenters. The van der Waals surface area contributed by atoms with Crippen LogP contribution in [0.25, 0.3) is 0 Å². The molecule has 0 saturated heterocycles. The molecule has 29 heavy (non-hydrogen) atoms. The van der Waals surface area contributed by atoms with Crippen molar-refractivity contribution >= 4 is 52.1 Å². The molecule has 0 aliphatic heterocycles. The monoisotopic (exact) mass is 444 g/mol. The zero-order chi connectivity index (χ0) is 20.6. The Morgan fingerprint density at radius 3 is 2.38 bits per heavy atom. The molecule has 0 aromatic heterocycles. The molecule has 2 N–H and O–H groups in total. The zero-order valence-corrected chi connectivity index (χ0v) is 17.7. The van der Waals surface area contributed by atoms with E-state index in [4.69, 9.17) is 40.2 Å². The van der Waals surface area contributed by atoms with E-state index in [9.17, 15) is 4.79 Å². The average Bonchev–Trinajstić information content (AvgIpc) is 2.71. The highest BCUT2D eigenvalue weighted by Gasteiger charge is 2.10. The Balaban J connectivity index is 1.49. The first-order chi connectivity index (χ1) is 14.0. The van der Waals surface area contributed by atoms with E-state index in [0.717, 1.165) is 6.42 Å². The first kappa shape index (κ1) is 21.1. The molecule has 7 heteroatoms. The van der Waals surface area contributed by atoms with E-state index in [1.165, 1.54) is 5.56 Å². The summed E-state index contributed by atoms with van der Waals surface area (Å²) in [5, 5.41) is 6.56. The lowest BCUT2D eigenvalue weighted by Crippen LogP contribution is -2.34. The van der Waals surface area contributed by atoms with Gasteiger partial charge in [0.2, 0.25) is 0 Å². The van der Waals surface area contributed by atoms with Crippen molar-refractivity contribution in [3.63, 3.8) is 0 Å². The van der Waals surface area contributed by atoms with Crippen LogP contribution in [-0.4, -0.2) is 17.6 Å². The fraction of sp³-hybridized carbons (Fsp3) is 0.0909. The second kappa shape index (κ2) is 10.3. The number of rotatable bonds is 6. The van der Waals surface area contributed by atoms with Gasteiger partial charge in [0.05, 0.1) is 17.3 Å². The SMILES string of the molecule is O=C(NC(=S)Nc1ccc(Cl)cc1Cl)c1ccc(OCCc2ccccc2)cc1. The molecule has 0 spiro atoms. The molecule has 4 nitrogen and oxygen atoms in total. The Bertz CT molecular complexity index is 995. The Morgan fingerprint density at radius 1 is 0.966 bits per heavy atom. The van der Waals surface area contributed by atoms with Crippen LogP contribution in [0.4, 0.5) is 5.69 Å². The maximum absolute atomic E-state index is 12.4. The number of carbonyl (C=O) groups is 1. The van der Waals surface area contributed by atoms with Gasteiger partial charge in [0, 0.05) is 17.0 Å². The van der Waals surface area contributed by atoms with Crippen LogP contribution in [0.3, 0.4) is 0 Å². The lowest BCUT2D eigenvalue weighted by Gasteiger charge is -2.11. The van der Waals surface area contributed by atoms with Crippen molar-refractivity contribution in [3.05, 3.63) is 94.0 Å². The van der Waals surface area contributed by atoms with Crippen molar-refractivity contribution < 1.29 is 9.53 Å². The van der Waals surface area contributed by atoms with E-state index in [-0.39, 0.29) is 11.0 Å². The van der Waals surface area contributed by atoms with Crippen molar-refractivity contribution in [2.75, 3.05) is 11.9 Å². The summed E-state index contributed by atoms with van der Waals surface area (Å²) in [4.78, 5) is 12.4. The minimum atomic E-state index is -0.330. The van der Waals surface area contributed by atoms with E-state index in [1.807, 2.05) is 18.2 Å². The Kier molecular flexibility index (Phi) is 7.47. The summed E-state index contributed by atoms with van der Waals surface area (Å²) in [6.45, 7) is 0.561. The number of hydrogen-bond acceptors (Lipinski definition) is 3. The maximum atomic E-state index is 12.4. The molecule has 0 fully saturated rings. The number of ether oxygens (including phenoxy) is 1. The molecule has 3 aromatic rings. The van der Waals surface area contributed by atoms with E-state index in [2.05, 4.69) is 22.8 Å². The Labute approximate surface area is 184 Å². The third kappa shape index (κ3) is 6.46. The standard InChI is InChI=1S/C22H18Cl2N2O2S/c23-17-8-11-20(19(24)14-17)25-22(29)26-21(27)16-6-9-18(10-7-16)28-13-12-15-4-2-1-3-5-15/h1-11,14H,12-13H2,(H2,25,26,27,29). The molecule has 0 saturated carbocycles. The molecule has 0 unspecified atom stereocenters. The zero-order valence-electron chi connectivity index (χ0n) is 15.3. The predicted molar refractivity (Wildman–Crippen MR) is 122 cm³/mol. The normalized spacial score (nSPS) is 10.3. The first-order valence-electron chi connectivity index (χ1n) is 8.85. The molecule has 0 aliphatic carbocycles. The molecule has 3 aromatic carbocycles. The van der Waals surface area contributed by atoms with Gasteiger partial charge in [-0.3, -0.25) is 10.1 Å². The minimum absolute atomic E-state index is 0.141.